The summed E-state index contributed by atoms with van der Waals surface area (Å²) in [4.78, 5) is 17.5. The number of anilines is 1. The van der Waals surface area contributed by atoms with E-state index in [0.717, 1.165) is 32.9 Å². The van der Waals surface area contributed by atoms with Crippen molar-refractivity contribution >= 4 is 28.6 Å². The lowest BCUT2D eigenvalue weighted by Gasteiger charge is -2.19. The van der Waals surface area contributed by atoms with E-state index in [-0.39, 0.29) is 18.3 Å². The topological polar surface area (TPSA) is 55.6 Å². The SMILES string of the molecule is Cc1ccccc1N=c1scc(-c2ccc3c(c2)NC(=O)CO3)n1Cc1ccc(F)cc1. The minimum atomic E-state index is -0.264. The Bertz CT molecular complexity index is 1370. The number of aromatic nitrogens is 1. The minimum Gasteiger partial charge on any atom is -0.482 e. The molecule has 0 saturated carbocycles. The van der Waals surface area contributed by atoms with Gasteiger partial charge in [-0.25, -0.2) is 9.38 Å². The van der Waals surface area contributed by atoms with E-state index in [1.54, 1.807) is 12.1 Å². The maximum absolute atomic E-state index is 13.4. The number of carbonyl (C=O) groups is 1. The molecule has 7 heteroatoms. The highest BCUT2D eigenvalue weighted by Crippen LogP contribution is 2.33. The van der Waals surface area contributed by atoms with Gasteiger partial charge in [0.15, 0.2) is 11.4 Å². The van der Waals surface area contributed by atoms with E-state index in [1.165, 1.54) is 23.5 Å². The van der Waals surface area contributed by atoms with Crippen LogP contribution in [-0.4, -0.2) is 17.1 Å². The van der Waals surface area contributed by atoms with Gasteiger partial charge in [0.05, 0.1) is 23.6 Å². The van der Waals surface area contributed by atoms with Crippen molar-refractivity contribution in [1.82, 2.24) is 4.57 Å². The number of nitrogens with one attached hydrogen (secondary N) is 1. The molecule has 160 valence electrons. The predicted molar refractivity (Wildman–Crippen MR) is 124 cm³/mol. The zero-order valence-electron chi connectivity index (χ0n) is 17.3. The number of nitrogens with zero attached hydrogens (tertiary/aromatic N) is 2. The number of hydrogen-bond donors (Lipinski definition) is 1. The summed E-state index contributed by atoms with van der Waals surface area (Å²) in [6.07, 6.45) is 0. The molecule has 0 spiro atoms. The van der Waals surface area contributed by atoms with Crippen molar-refractivity contribution in [3.63, 3.8) is 0 Å². The first-order valence-corrected chi connectivity index (χ1v) is 11.0. The second kappa shape index (κ2) is 8.43. The van der Waals surface area contributed by atoms with Gasteiger partial charge in [-0.2, -0.15) is 0 Å². The smallest absolute Gasteiger partial charge is 0.262 e. The van der Waals surface area contributed by atoms with Crippen LogP contribution >= 0.6 is 11.3 Å². The number of ether oxygens (including phenoxy) is 1. The first-order chi connectivity index (χ1) is 15.6. The molecule has 1 aromatic heterocycles. The lowest BCUT2D eigenvalue weighted by Crippen LogP contribution is -2.25. The maximum atomic E-state index is 13.4. The van der Waals surface area contributed by atoms with E-state index >= 15 is 0 Å². The van der Waals surface area contributed by atoms with Gasteiger partial charge in [-0.05, 0) is 54.4 Å². The van der Waals surface area contributed by atoms with E-state index in [0.29, 0.717) is 18.0 Å². The molecular weight excluding hydrogens is 425 g/mol. The van der Waals surface area contributed by atoms with Crippen LogP contribution in [0.5, 0.6) is 5.75 Å². The van der Waals surface area contributed by atoms with Crippen LogP contribution in [-0.2, 0) is 11.3 Å². The van der Waals surface area contributed by atoms with Crippen molar-refractivity contribution in [2.75, 3.05) is 11.9 Å². The molecule has 0 aliphatic carbocycles. The monoisotopic (exact) mass is 445 g/mol. The molecule has 5 nitrogen and oxygen atoms in total. The van der Waals surface area contributed by atoms with Gasteiger partial charge in [0.1, 0.15) is 11.6 Å². The van der Waals surface area contributed by atoms with E-state index in [4.69, 9.17) is 9.73 Å². The highest BCUT2D eigenvalue weighted by molar-refractivity contribution is 7.07. The molecule has 3 aromatic carbocycles. The normalized spacial score (nSPS) is 13.4. The number of para-hydroxylation sites is 1. The fraction of sp³-hybridized carbons (Fsp3) is 0.120. The molecule has 1 aliphatic rings. The predicted octanol–water partition coefficient (Wildman–Crippen LogP) is 5.28. The van der Waals surface area contributed by atoms with Gasteiger partial charge in [-0.3, -0.25) is 4.79 Å². The molecular formula is C25H20FN3O2S. The van der Waals surface area contributed by atoms with Gasteiger partial charge in [0, 0.05) is 10.9 Å². The van der Waals surface area contributed by atoms with Crippen molar-refractivity contribution < 1.29 is 13.9 Å². The van der Waals surface area contributed by atoms with Gasteiger partial charge in [0.25, 0.3) is 5.91 Å². The van der Waals surface area contributed by atoms with Crippen LogP contribution in [0.3, 0.4) is 0 Å². The summed E-state index contributed by atoms with van der Waals surface area (Å²) in [7, 11) is 0. The summed E-state index contributed by atoms with van der Waals surface area (Å²) in [5.41, 5.74) is 5.49. The number of amides is 1. The molecule has 32 heavy (non-hydrogen) atoms. The Balaban J connectivity index is 1.64. The first kappa shape index (κ1) is 20.2. The summed E-state index contributed by atoms with van der Waals surface area (Å²) >= 11 is 1.54. The molecule has 5 rings (SSSR count). The van der Waals surface area contributed by atoms with Gasteiger partial charge in [-0.15, -0.1) is 11.3 Å². The third kappa shape index (κ3) is 4.07. The Morgan fingerprint density at radius 1 is 1.12 bits per heavy atom. The molecule has 0 bridgehead atoms. The zero-order valence-corrected chi connectivity index (χ0v) is 18.2. The number of halogens is 1. The standard InChI is InChI=1S/C25H20FN3O2S/c1-16-4-2-3-5-20(16)28-25-29(13-17-6-9-19(26)10-7-17)22(15-32-25)18-8-11-23-21(12-18)27-24(30)14-31-23/h2-12,15H,13-14H2,1H3,(H,27,30). The van der Waals surface area contributed by atoms with Crippen LogP contribution in [0.15, 0.2) is 77.1 Å². The first-order valence-electron chi connectivity index (χ1n) is 10.2. The van der Waals surface area contributed by atoms with Crippen LogP contribution < -0.4 is 14.9 Å². The van der Waals surface area contributed by atoms with E-state index in [2.05, 4.69) is 9.88 Å². The Morgan fingerprint density at radius 2 is 1.94 bits per heavy atom. The van der Waals surface area contributed by atoms with Crippen molar-refractivity contribution in [2.45, 2.75) is 13.5 Å². The summed E-state index contributed by atoms with van der Waals surface area (Å²) in [5, 5.41) is 4.91. The molecule has 1 amide bonds. The number of fused-ring (bicyclic) bond motifs is 1. The molecule has 0 saturated heterocycles. The highest BCUT2D eigenvalue weighted by atomic mass is 32.1. The van der Waals surface area contributed by atoms with Gasteiger partial charge >= 0.3 is 0 Å². The van der Waals surface area contributed by atoms with Crippen LogP contribution in [0.4, 0.5) is 15.8 Å². The third-order valence-electron chi connectivity index (χ3n) is 5.29. The van der Waals surface area contributed by atoms with Crippen LogP contribution in [0.1, 0.15) is 11.1 Å². The van der Waals surface area contributed by atoms with E-state index in [9.17, 15) is 9.18 Å². The average molecular weight is 446 g/mol. The molecule has 0 fully saturated rings. The van der Waals surface area contributed by atoms with Crippen molar-refractivity contribution in [3.8, 4) is 17.0 Å². The molecule has 2 heterocycles. The van der Waals surface area contributed by atoms with Gasteiger partial charge < -0.3 is 14.6 Å². The summed E-state index contributed by atoms with van der Waals surface area (Å²) in [6, 6.07) is 20.2. The van der Waals surface area contributed by atoms with Crippen molar-refractivity contribution in [2.24, 2.45) is 4.99 Å². The number of aryl methyl sites for hydroxylation is 1. The van der Waals surface area contributed by atoms with Crippen molar-refractivity contribution in [1.29, 1.82) is 0 Å². The van der Waals surface area contributed by atoms with E-state index in [1.807, 2.05) is 54.8 Å². The summed E-state index contributed by atoms with van der Waals surface area (Å²) in [5.74, 6) is 0.215. The Kier molecular flexibility index (Phi) is 5.33. The summed E-state index contributed by atoms with van der Waals surface area (Å²) in [6.45, 7) is 2.59. The molecule has 0 atom stereocenters. The maximum Gasteiger partial charge on any atom is 0.262 e. The quantitative estimate of drug-likeness (QED) is 0.465. The van der Waals surface area contributed by atoms with Gasteiger partial charge in [0.2, 0.25) is 0 Å². The second-order valence-electron chi connectivity index (χ2n) is 7.56. The number of hydrogen-bond acceptors (Lipinski definition) is 4. The highest BCUT2D eigenvalue weighted by Gasteiger charge is 2.18. The number of carbonyl (C=O) groups excluding carboxylic acids is 1. The Hall–Kier alpha value is -3.71. The number of thiazole rings is 1. The van der Waals surface area contributed by atoms with Crippen molar-refractivity contribution in [3.05, 3.63) is 93.9 Å². The lowest BCUT2D eigenvalue weighted by molar-refractivity contribution is -0.118. The Morgan fingerprint density at radius 3 is 2.75 bits per heavy atom. The lowest BCUT2D eigenvalue weighted by atomic mass is 10.1. The van der Waals surface area contributed by atoms with Crippen LogP contribution in [0.2, 0.25) is 0 Å². The van der Waals surface area contributed by atoms with Crippen LogP contribution in [0, 0.1) is 12.7 Å². The fourth-order valence-corrected chi connectivity index (χ4v) is 4.53. The molecule has 1 N–H and O–H groups in total. The number of benzene rings is 3. The molecule has 4 aromatic rings. The average Bonchev–Trinajstić information content (AvgIpc) is 3.18. The second-order valence-corrected chi connectivity index (χ2v) is 8.40. The summed E-state index contributed by atoms with van der Waals surface area (Å²) < 4.78 is 21.0. The van der Waals surface area contributed by atoms with Crippen LogP contribution in [0.25, 0.3) is 11.3 Å². The van der Waals surface area contributed by atoms with Gasteiger partial charge in [-0.1, -0.05) is 30.3 Å². The van der Waals surface area contributed by atoms with E-state index < -0.39 is 0 Å². The minimum absolute atomic E-state index is 0.0226. The molecule has 0 radical (unpaired) electrons. The Labute approximate surface area is 188 Å². The zero-order chi connectivity index (χ0) is 22.1. The third-order valence-corrected chi connectivity index (χ3v) is 6.15. The molecule has 1 aliphatic heterocycles. The largest absolute Gasteiger partial charge is 0.482 e. The fourth-order valence-electron chi connectivity index (χ4n) is 3.61. The number of rotatable bonds is 4. The molecule has 0 unspecified atom stereocenters.